The van der Waals surface area contributed by atoms with Gasteiger partial charge in [-0.1, -0.05) is 0 Å². The van der Waals surface area contributed by atoms with Gasteiger partial charge in [-0.05, 0) is 63.7 Å². The van der Waals surface area contributed by atoms with Crippen LogP contribution in [-0.2, 0) is 0 Å². The number of thiophene rings is 1. The number of hydrogen-bond donors (Lipinski definition) is 4. The lowest BCUT2D eigenvalue weighted by atomic mass is 10.1. The second kappa shape index (κ2) is 8.68. The zero-order valence-electron chi connectivity index (χ0n) is 17.6. The summed E-state index contributed by atoms with van der Waals surface area (Å²) in [5.74, 6) is 0.685. The van der Waals surface area contributed by atoms with Gasteiger partial charge in [0.1, 0.15) is 17.0 Å². The van der Waals surface area contributed by atoms with Crippen molar-refractivity contribution in [2.24, 2.45) is 0 Å². The number of carbonyl (C=O) groups excluding carboxylic acids is 1. The van der Waals surface area contributed by atoms with Gasteiger partial charge in [0, 0.05) is 24.8 Å². The highest BCUT2D eigenvalue weighted by Gasteiger charge is 2.21. The van der Waals surface area contributed by atoms with Crippen LogP contribution in [0.15, 0.2) is 30.6 Å². The molecule has 0 radical (unpaired) electrons. The van der Waals surface area contributed by atoms with E-state index in [1.54, 1.807) is 6.33 Å². The van der Waals surface area contributed by atoms with E-state index in [9.17, 15) is 4.79 Å². The van der Waals surface area contributed by atoms with Crippen LogP contribution >= 0.6 is 11.3 Å². The van der Waals surface area contributed by atoms with Gasteiger partial charge in [0.2, 0.25) is 0 Å². The van der Waals surface area contributed by atoms with E-state index in [4.69, 9.17) is 0 Å². The fourth-order valence-corrected chi connectivity index (χ4v) is 4.97. The molecule has 0 spiro atoms. The summed E-state index contributed by atoms with van der Waals surface area (Å²) in [4.78, 5) is 25.4. The highest BCUT2D eigenvalue weighted by atomic mass is 32.1. The summed E-state index contributed by atoms with van der Waals surface area (Å²) in [5.41, 5.74) is 3.13. The first-order chi connectivity index (χ1) is 15.2. The van der Waals surface area contributed by atoms with Crippen molar-refractivity contribution in [2.75, 3.05) is 49.2 Å². The summed E-state index contributed by atoms with van der Waals surface area (Å²) in [5, 5.41) is 14.4. The Bertz CT molecular complexity index is 1090. The van der Waals surface area contributed by atoms with Gasteiger partial charge in [-0.3, -0.25) is 4.79 Å². The molecule has 0 aliphatic carbocycles. The number of aromatic nitrogens is 2. The molecule has 5 rings (SSSR count). The number of likely N-dealkylation sites (tertiary alicyclic amines) is 1. The van der Waals surface area contributed by atoms with Gasteiger partial charge < -0.3 is 26.2 Å². The third-order valence-electron chi connectivity index (χ3n) is 5.87. The van der Waals surface area contributed by atoms with Gasteiger partial charge in [0.25, 0.3) is 5.91 Å². The van der Waals surface area contributed by atoms with Gasteiger partial charge >= 0.3 is 0 Å². The average Bonchev–Trinajstić information content (AvgIpc) is 3.09. The van der Waals surface area contributed by atoms with Crippen LogP contribution in [0.25, 0.3) is 10.2 Å². The molecule has 9 heteroatoms. The minimum Gasteiger partial charge on any atom is -0.383 e. The molecule has 2 aliphatic heterocycles. The summed E-state index contributed by atoms with van der Waals surface area (Å²) in [6, 6.07) is 8.32. The maximum absolute atomic E-state index is 12.8. The standard InChI is InChI=1S/C22H27N7OS/c1-29-9-5-14(6-10-29)28-21(30)19-12-16-20(25-13-26-22(16)31-19)27-15-3-4-17-18(11-15)24-8-2-7-23-17/h3-4,11-14,23-24H,2,5-10H2,1H3,(H,28,30)(H,25,26,27). The molecule has 3 aromatic rings. The molecule has 0 atom stereocenters. The average molecular weight is 438 g/mol. The van der Waals surface area contributed by atoms with Gasteiger partial charge in [-0.2, -0.15) is 0 Å². The number of fused-ring (bicyclic) bond motifs is 2. The summed E-state index contributed by atoms with van der Waals surface area (Å²) in [6.07, 6.45) is 4.60. The van der Waals surface area contributed by atoms with Crippen molar-refractivity contribution < 1.29 is 4.79 Å². The summed E-state index contributed by atoms with van der Waals surface area (Å²) in [7, 11) is 2.12. The largest absolute Gasteiger partial charge is 0.383 e. The number of rotatable bonds is 4. The number of hydrogen-bond acceptors (Lipinski definition) is 8. The Morgan fingerprint density at radius 2 is 1.94 bits per heavy atom. The number of piperidine rings is 1. The maximum Gasteiger partial charge on any atom is 0.261 e. The molecule has 0 bridgehead atoms. The molecule has 31 heavy (non-hydrogen) atoms. The van der Waals surface area contributed by atoms with Gasteiger partial charge in [0.05, 0.1) is 21.6 Å². The highest BCUT2D eigenvalue weighted by Crippen LogP contribution is 2.32. The minimum absolute atomic E-state index is 0.0243. The van der Waals surface area contributed by atoms with E-state index < -0.39 is 0 Å². The molecule has 0 saturated carbocycles. The molecule has 8 nitrogen and oxygen atoms in total. The molecule has 4 N–H and O–H groups in total. The first-order valence-corrected chi connectivity index (χ1v) is 11.6. The highest BCUT2D eigenvalue weighted by molar-refractivity contribution is 7.20. The summed E-state index contributed by atoms with van der Waals surface area (Å²) < 4.78 is 0. The number of amides is 1. The Morgan fingerprint density at radius 3 is 2.77 bits per heavy atom. The van der Waals surface area contributed by atoms with Crippen LogP contribution < -0.4 is 21.3 Å². The Morgan fingerprint density at radius 1 is 1.13 bits per heavy atom. The monoisotopic (exact) mass is 437 g/mol. The normalized spacial score (nSPS) is 17.3. The van der Waals surface area contributed by atoms with Crippen molar-refractivity contribution in [1.82, 2.24) is 20.2 Å². The van der Waals surface area contributed by atoms with E-state index in [1.165, 1.54) is 11.3 Å². The van der Waals surface area contributed by atoms with Crippen LogP contribution in [0.2, 0.25) is 0 Å². The van der Waals surface area contributed by atoms with Crippen LogP contribution in [0.4, 0.5) is 22.9 Å². The van der Waals surface area contributed by atoms with Crippen molar-refractivity contribution in [1.29, 1.82) is 0 Å². The van der Waals surface area contributed by atoms with E-state index in [-0.39, 0.29) is 11.9 Å². The predicted molar refractivity (Wildman–Crippen MR) is 127 cm³/mol. The Labute approximate surface area is 185 Å². The van der Waals surface area contributed by atoms with Crippen molar-refractivity contribution >= 4 is 50.3 Å². The summed E-state index contributed by atoms with van der Waals surface area (Å²) >= 11 is 1.41. The maximum atomic E-state index is 12.8. The van der Waals surface area contributed by atoms with Gasteiger partial charge in [-0.15, -0.1) is 11.3 Å². The van der Waals surface area contributed by atoms with Crippen molar-refractivity contribution in [3.63, 3.8) is 0 Å². The summed E-state index contributed by atoms with van der Waals surface area (Å²) in [6.45, 7) is 3.95. The number of nitrogens with zero attached hydrogens (tertiary/aromatic N) is 3. The number of benzene rings is 1. The van der Waals surface area contributed by atoms with E-state index in [2.05, 4.69) is 55.3 Å². The van der Waals surface area contributed by atoms with Crippen LogP contribution in [-0.4, -0.2) is 60.0 Å². The topological polar surface area (TPSA) is 94.2 Å². The second-order valence-corrected chi connectivity index (χ2v) is 9.23. The number of nitrogens with one attached hydrogen (secondary N) is 4. The molecule has 162 valence electrons. The third-order valence-corrected chi connectivity index (χ3v) is 6.92. The van der Waals surface area contributed by atoms with Crippen LogP contribution in [0.3, 0.4) is 0 Å². The van der Waals surface area contributed by atoms with Crippen LogP contribution in [0.5, 0.6) is 0 Å². The van der Waals surface area contributed by atoms with E-state index >= 15 is 0 Å². The molecule has 2 aromatic heterocycles. The van der Waals surface area contributed by atoms with Crippen molar-refractivity contribution in [3.05, 3.63) is 35.5 Å². The SMILES string of the molecule is CN1CCC(NC(=O)c2cc3c(Nc4ccc5c(c4)NCCCN5)ncnc3s2)CC1. The van der Waals surface area contributed by atoms with Gasteiger partial charge in [0.15, 0.2) is 0 Å². The first kappa shape index (κ1) is 20.0. The van der Waals surface area contributed by atoms with Crippen molar-refractivity contribution in [2.45, 2.75) is 25.3 Å². The Hall–Kier alpha value is -2.91. The Balaban J connectivity index is 1.35. The predicted octanol–water partition coefficient (Wildman–Crippen LogP) is 3.49. The third kappa shape index (κ3) is 4.42. The van der Waals surface area contributed by atoms with E-state index in [0.29, 0.717) is 10.7 Å². The smallest absolute Gasteiger partial charge is 0.261 e. The van der Waals surface area contributed by atoms with Gasteiger partial charge in [-0.25, -0.2) is 9.97 Å². The zero-order valence-corrected chi connectivity index (χ0v) is 18.4. The molecule has 1 amide bonds. The fourth-order valence-electron chi connectivity index (χ4n) is 4.07. The molecular formula is C22H27N7OS. The van der Waals surface area contributed by atoms with Crippen LogP contribution in [0, 0.1) is 0 Å². The molecule has 0 unspecified atom stereocenters. The van der Waals surface area contributed by atoms with E-state index in [1.807, 2.05) is 12.1 Å². The molecular weight excluding hydrogens is 410 g/mol. The molecule has 4 heterocycles. The van der Waals surface area contributed by atoms with Crippen LogP contribution in [0.1, 0.15) is 28.9 Å². The fraction of sp³-hybridized carbons (Fsp3) is 0.409. The lowest BCUT2D eigenvalue weighted by molar-refractivity contribution is 0.0921. The molecule has 2 aliphatic rings. The minimum atomic E-state index is -0.0243. The molecule has 1 aromatic carbocycles. The second-order valence-electron chi connectivity index (χ2n) is 8.20. The lowest BCUT2D eigenvalue weighted by Crippen LogP contribution is -2.43. The Kier molecular flexibility index (Phi) is 5.61. The zero-order chi connectivity index (χ0) is 21.2. The lowest BCUT2D eigenvalue weighted by Gasteiger charge is -2.29. The van der Waals surface area contributed by atoms with E-state index in [0.717, 1.165) is 72.7 Å². The van der Waals surface area contributed by atoms with Crippen molar-refractivity contribution in [3.8, 4) is 0 Å². The first-order valence-electron chi connectivity index (χ1n) is 10.8. The number of carbonyl (C=O) groups is 1. The quantitative estimate of drug-likeness (QED) is 0.496. The molecule has 1 fully saturated rings. The molecule has 1 saturated heterocycles. The number of anilines is 4.